The van der Waals surface area contributed by atoms with E-state index in [0.717, 1.165) is 29.6 Å². The molecule has 1 heteroatoms. The summed E-state index contributed by atoms with van der Waals surface area (Å²) in [7, 11) is 2.09. The lowest BCUT2D eigenvalue weighted by atomic mass is 9.94. The van der Waals surface area contributed by atoms with Crippen LogP contribution in [0.25, 0.3) is 0 Å². The maximum Gasteiger partial charge on any atom is 0.0305 e. The van der Waals surface area contributed by atoms with Crippen LogP contribution >= 0.6 is 0 Å². The van der Waals surface area contributed by atoms with Crippen LogP contribution in [-0.2, 0) is 0 Å². The van der Waals surface area contributed by atoms with Gasteiger partial charge in [0.2, 0.25) is 0 Å². The van der Waals surface area contributed by atoms with E-state index in [0.29, 0.717) is 6.04 Å². The Labute approximate surface area is 87.0 Å². The third-order valence-corrected chi connectivity index (χ3v) is 5.02. The molecule has 0 aromatic carbocycles. The van der Waals surface area contributed by atoms with Gasteiger partial charge in [0.05, 0.1) is 0 Å². The molecule has 3 aliphatic rings. The van der Waals surface area contributed by atoms with Crippen LogP contribution in [0.4, 0.5) is 0 Å². The molecule has 3 saturated carbocycles. The molecule has 2 bridgehead atoms. The number of hydrogen-bond donors (Lipinski definition) is 1. The highest BCUT2D eigenvalue weighted by atomic mass is 14.9. The second-order valence-corrected chi connectivity index (χ2v) is 5.68. The lowest BCUT2D eigenvalue weighted by molar-refractivity contribution is 0.406. The second-order valence-electron chi connectivity index (χ2n) is 5.68. The summed E-state index contributed by atoms with van der Waals surface area (Å²) in [5.74, 6) is 5.27. The first-order chi connectivity index (χ1) is 6.74. The summed E-state index contributed by atoms with van der Waals surface area (Å²) < 4.78 is 0. The predicted molar refractivity (Wildman–Crippen MR) is 59.0 cm³/mol. The van der Waals surface area contributed by atoms with Crippen molar-refractivity contribution in [1.29, 1.82) is 0 Å². The van der Waals surface area contributed by atoms with E-state index in [-0.39, 0.29) is 0 Å². The van der Waals surface area contributed by atoms with Crippen molar-refractivity contribution in [2.75, 3.05) is 7.05 Å². The van der Waals surface area contributed by atoms with Gasteiger partial charge in [0.25, 0.3) is 0 Å². The Morgan fingerprint density at radius 3 is 2.29 bits per heavy atom. The van der Waals surface area contributed by atoms with Gasteiger partial charge < -0.3 is 5.32 Å². The third-order valence-electron chi connectivity index (χ3n) is 5.02. The van der Waals surface area contributed by atoms with Crippen molar-refractivity contribution in [1.82, 2.24) is 5.32 Å². The normalized spacial score (nSPS) is 50.3. The molecule has 0 amide bonds. The molecule has 3 fully saturated rings. The van der Waals surface area contributed by atoms with Gasteiger partial charge in [-0.3, -0.25) is 0 Å². The van der Waals surface area contributed by atoms with Crippen LogP contribution in [0.15, 0.2) is 12.2 Å². The van der Waals surface area contributed by atoms with Crippen LogP contribution in [0.3, 0.4) is 0 Å². The number of fused-ring (bicyclic) bond motifs is 5. The molecular formula is C13H21N. The largest absolute Gasteiger partial charge is 0.313 e. The van der Waals surface area contributed by atoms with E-state index in [4.69, 9.17) is 0 Å². The van der Waals surface area contributed by atoms with E-state index in [9.17, 15) is 0 Å². The zero-order chi connectivity index (χ0) is 9.87. The van der Waals surface area contributed by atoms with Gasteiger partial charge in [-0.05, 0) is 62.8 Å². The molecule has 0 heterocycles. The first-order valence-electron chi connectivity index (χ1n) is 6.06. The third kappa shape index (κ3) is 0.995. The fourth-order valence-corrected chi connectivity index (χ4v) is 4.61. The molecule has 5 atom stereocenters. The van der Waals surface area contributed by atoms with Gasteiger partial charge in [0, 0.05) is 6.04 Å². The van der Waals surface area contributed by atoms with Crippen molar-refractivity contribution in [2.45, 2.75) is 32.2 Å². The Kier molecular flexibility index (Phi) is 1.82. The quantitative estimate of drug-likeness (QED) is 0.676. The average Bonchev–Trinajstić information content (AvgIpc) is 2.57. The van der Waals surface area contributed by atoms with E-state index >= 15 is 0 Å². The zero-order valence-electron chi connectivity index (χ0n) is 9.29. The average molecular weight is 191 g/mol. The minimum absolute atomic E-state index is 0.605. The summed E-state index contributed by atoms with van der Waals surface area (Å²) in [6, 6.07) is 0.605. The molecule has 0 spiro atoms. The Balaban J connectivity index is 1.75. The summed E-state index contributed by atoms with van der Waals surface area (Å²) in [6.45, 7) is 6.30. The van der Waals surface area contributed by atoms with E-state index < -0.39 is 0 Å². The number of rotatable bonds is 3. The van der Waals surface area contributed by atoms with Gasteiger partial charge >= 0.3 is 0 Å². The van der Waals surface area contributed by atoms with Crippen molar-refractivity contribution in [3.63, 3.8) is 0 Å². The van der Waals surface area contributed by atoms with Crippen LogP contribution in [0.1, 0.15) is 26.2 Å². The molecule has 1 N–H and O–H groups in total. The molecular weight excluding hydrogens is 170 g/mol. The molecule has 0 aliphatic heterocycles. The molecule has 3 aliphatic carbocycles. The fraction of sp³-hybridized carbons (Fsp3) is 0.846. The maximum absolute atomic E-state index is 4.12. The van der Waals surface area contributed by atoms with E-state index in [1.165, 1.54) is 18.4 Å². The number of likely N-dealkylation sites (N-methyl/N-ethyl adjacent to an activating group) is 1. The Morgan fingerprint density at radius 1 is 1.29 bits per heavy atom. The number of nitrogens with one attached hydrogen (secondary N) is 1. The summed E-state index contributed by atoms with van der Waals surface area (Å²) in [6.07, 6.45) is 4.60. The first kappa shape index (κ1) is 8.96. The summed E-state index contributed by atoms with van der Waals surface area (Å²) in [5, 5.41) is 3.46. The van der Waals surface area contributed by atoms with Gasteiger partial charge in [-0.25, -0.2) is 0 Å². The smallest absolute Gasteiger partial charge is 0.0305 e. The van der Waals surface area contributed by atoms with Crippen LogP contribution < -0.4 is 5.32 Å². The van der Waals surface area contributed by atoms with Crippen LogP contribution in [0, 0.1) is 29.6 Å². The maximum atomic E-state index is 4.12. The first-order valence-corrected chi connectivity index (χ1v) is 6.06. The van der Waals surface area contributed by atoms with Crippen LogP contribution in [0.2, 0.25) is 0 Å². The predicted octanol–water partition coefficient (Wildman–Crippen LogP) is 2.44. The van der Waals surface area contributed by atoms with Crippen molar-refractivity contribution in [3.05, 3.63) is 12.2 Å². The lowest BCUT2D eigenvalue weighted by Gasteiger charge is -2.19. The van der Waals surface area contributed by atoms with E-state index in [1.54, 1.807) is 6.42 Å². The SMILES string of the molecule is C=C(C)C(NC)C1C2C3CCC(C3)C21. The Hall–Kier alpha value is -0.300. The Bertz CT molecular complexity index is 254. The van der Waals surface area contributed by atoms with Crippen molar-refractivity contribution >= 4 is 0 Å². The van der Waals surface area contributed by atoms with Gasteiger partial charge in [0.15, 0.2) is 0 Å². The van der Waals surface area contributed by atoms with Gasteiger partial charge in [-0.15, -0.1) is 0 Å². The fourth-order valence-electron chi connectivity index (χ4n) is 4.61. The lowest BCUT2D eigenvalue weighted by Crippen LogP contribution is -2.30. The van der Waals surface area contributed by atoms with Crippen molar-refractivity contribution in [3.8, 4) is 0 Å². The molecule has 14 heavy (non-hydrogen) atoms. The van der Waals surface area contributed by atoms with Crippen LogP contribution in [-0.4, -0.2) is 13.1 Å². The second kappa shape index (κ2) is 2.85. The summed E-state index contributed by atoms with van der Waals surface area (Å²) >= 11 is 0. The summed E-state index contributed by atoms with van der Waals surface area (Å²) in [5.41, 5.74) is 1.34. The van der Waals surface area contributed by atoms with E-state index in [2.05, 4.69) is 25.9 Å². The van der Waals surface area contributed by atoms with Gasteiger partial charge in [-0.2, -0.15) is 0 Å². The number of hydrogen-bond acceptors (Lipinski definition) is 1. The highest BCUT2D eigenvalue weighted by Crippen LogP contribution is 2.70. The molecule has 3 rings (SSSR count). The van der Waals surface area contributed by atoms with E-state index in [1.807, 2.05) is 0 Å². The van der Waals surface area contributed by atoms with Crippen molar-refractivity contribution < 1.29 is 0 Å². The highest BCUT2D eigenvalue weighted by molar-refractivity contribution is 5.21. The summed E-state index contributed by atoms with van der Waals surface area (Å²) in [4.78, 5) is 0. The minimum Gasteiger partial charge on any atom is -0.313 e. The molecule has 5 unspecified atom stereocenters. The zero-order valence-corrected chi connectivity index (χ0v) is 9.29. The minimum atomic E-state index is 0.605. The molecule has 78 valence electrons. The molecule has 0 aromatic rings. The van der Waals surface area contributed by atoms with Crippen LogP contribution in [0.5, 0.6) is 0 Å². The molecule has 0 aromatic heterocycles. The molecule has 0 saturated heterocycles. The topological polar surface area (TPSA) is 12.0 Å². The standard InChI is InChI=1S/C13H21N/c1-7(2)13(14-3)12-10-8-4-5-9(6-8)11(10)12/h8-14H,1,4-6H2,2-3H3. The highest BCUT2D eigenvalue weighted by Gasteiger charge is 2.66. The van der Waals surface area contributed by atoms with Gasteiger partial charge in [-0.1, -0.05) is 12.2 Å². The Morgan fingerprint density at radius 2 is 1.86 bits per heavy atom. The molecule has 1 nitrogen and oxygen atoms in total. The van der Waals surface area contributed by atoms with Crippen molar-refractivity contribution in [2.24, 2.45) is 29.6 Å². The monoisotopic (exact) mass is 191 g/mol. The van der Waals surface area contributed by atoms with Gasteiger partial charge in [0.1, 0.15) is 0 Å². The molecule has 0 radical (unpaired) electrons.